The molecule has 3 atom stereocenters. The van der Waals surface area contributed by atoms with Crippen molar-refractivity contribution < 1.29 is 27.1 Å². The van der Waals surface area contributed by atoms with Crippen molar-refractivity contribution in [3.63, 3.8) is 0 Å². The van der Waals surface area contributed by atoms with E-state index in [1.807, 2.05) is 13.8 Å². The molecule has 1 saturated heterocycles. The lowest BCUT2D eigenvalue weighted by atomic mass is 10.0. The Balaban J connectivity index is 1.43. The molecule has 13 heteroatoms. The van der Waals surface area contributed by atoms with Gasteiger partial charge >= 0.3 is 6.18 Å². The number of H-pyrrole nitrogens is 1. The summed E-state index contributed by atoms with van der Waals surface area (Å²) in [5.41, 5.74) is -2.47. The zero-order valence-corrected chi connectivity index (χ0v) is 20.9. The smallest absolute Gasteiger partial charge is 0.372 e. The zero-order chi connectivity index (χ0) is 27.4. The molecule has 9 nitrogen and oxygen atoms in total. The second kappa shape index (κ2) is 9.61. The normalized spacial score (nSPS) is 21.0. The van der Waals surface area contributed by atoms with Gasteiger partial charge < -0.3 is 19.9 Å². The Hall–Kier alpha value is -3.61. The summed E-state index contributed by atoms with van der Waals surface area (Å²) in [6.07, 6.45) is -2.44. The number of carbonyl (C=O) groups is 1. The van der Waals surface area contributed by atoms with E-state index in [1.54, 1.807) is 4.90 Å². The SMILES string of the molecule is C[C@@H]1CN(C(=O)c2cnc(N[C@@H](C)c3cc4c(=O)[nH]c(C5CC5)nc4nc3C(F)(F)F)c(F)c2)C[C@H](C)O1. The highest BCUT2D eigenvalue weighted by atomic mass is 19.4. The Kier molecular flexibility index (Phi) is 6.58. The number of morpholine rings is 1. The number of amides is 1. The first-order chi connectivity index (χ1) is 17.9. The van der Waals surface area contributed by atoms with Gasteiger partial charge in [-0.25, -0.2) is 19.3 Å². The van der Waals surface area contributed by atoms with Crippen LogP contribution in [0.1, 0.15) is 73.0 Å². The molecule has 2 N–H and O–H groups in total. The van der Waals surface area contributed by atoms with Crippen molar-refractivity contribution in [1.29, 1.82) is 0 Å². The number of alkyl halides is 3. The van der Waals surface area contributed by atoms with Crippen LogP contribution in [0.4, 0.5) is 23.4 Å². The molecule has 0 bridgehead atoms. The number of hydrogen-bond donors (Lipinski definition) is 2. The number of nitrogens with one attached hydrogen (secondary N) is 2. The van der Waals surface area contributed by atoms with Crippen LogP contribution in [-0.2, 0) is 10.9 Å². The van der Waals surface area contributed by atoms with Crippen molar-refractivity contribution in [3.05, 3.63) is 57.1 Å². The average Bonchev–Trinajstić information content (AvgIpc) is 3.68. The van der Waals surface area contributed by atoms with Crippen LogP contribution < -0.4 is 10.9 Å². The van der Waals surface area contributed by atoms with Gasteiger partial charge in [0, 0.05) is 30.8 Å². The highest BCUT2D eigenvalue weighted by Gasteiger charge is 2.38. The van der Waals surface area contributed by atoms with E-state index in [-0.39, 0.29) is 46.1 Å². The number of rotatable bonds is 5. The molecule has 0 spiro atoms. The molecule has 0 aromatic carbocycles. The second-order valence-electron chi connectivity index (χ2n) is 9.91. The van der Waals surface area contributed by atoms with Gasteiger partial charge in [0.2, 0.25) is 0 Å². The topological polar surface area (TPSA) is 113 Å². The van der Waals surface area contributed by atoms with Crippen LogP contribution in [0.5, 0.6) is 0 Å². The second-order valence-corrected chi connectivity index (χ2v) is 9.91. The van der Waals surface area contributed by atoms with Gasteiger partial charge in [-0.05, 0) is 45.7 Å². The first kappa shape index (κ1) is 26.0. The summed E-state index contributed by atoms with van der Waals surface area (Å²) in [6, 6.07) is 0.921. The number of anilines is 1. The predicted octanol–water partition coefficient (Wildman–Crippen LogP) is 4.17. The highest BCUT2D eigenvalue weighted by molar-refractivity contribution is 5.94. The summed E-state index contributed by atoms with van der Waals surface area (Å²) >= 11 is 0. The summed E-state index contributed by atoms with van der Waals surface area (Å²) in [7, 11) is 0. The highest BCUT2D eigenvalue weighted by Crippen LogP contribution is 2.39. The van der Waals surface area contributed by atoms with Gasteiger partial charge in [0.15, 0.2) is 23.0 Å². The minimum atomic E-state index is -4.85. The number of nitrogens with zero attached hydrogens (tertiary/aromatic N) is 4. The Bertz CT molecular complexity index is 1450. The Labute approximate surface area is 214 Å². The van der Waals surface area contributed by atoms with Gasteiger partial charge in [0.05, 0.1) is 29.2 Å². The van der Waals surface area contributed by atoms with Gasteiger partial charge in [-0.1, -0.05) is 0 Å². The third kappa shape index (κ3) is 5.19. The van der Waals surface area contributed by atoms with Crippen LogP contribution in [0, 0.1) is 5.82 Å². The molecule has 2 aliphatic rings. The van der Waals surface area contributed by atoms with E-state index in [0.29, 0.717) is 18.9 Å². The van der Waals surface area contributed by atoms with Crippen LogP contribution in [0.25, 0.3) is 11.0 Å². The van der Waals surface area contributed by atoms with Gasteiger partial charge in [-0.15, -0.1) is 0 Å². The first-order valence-corrected chi connectivity index (χ1v) is 12.3. The standard InChI is InChI=1S/C25H26F4N6O3/c1-11-9-35(10-12(2)38-11)24(37)15-6-18(26)22(30-8-15)31-13(3)16-7-17-21(32-19(16)25(27,28)29)33-20(14-4-5-14)34-23(17)36/h6-8,11-14H,4-5,9-10H2,1-3H3,(H,30,31)(H,32,33,34,36)/t11-,12+,13-/m0/s1. The van der Waals surface area contributed by atoms with Gasteiger partial charge in [-0.2, -0.15) is 13.2 Å². The van der Waals surface area contributed by atoms with Crippen molar-refractivity contribution in [1.82, 2.24) is 24.8 Å². The molecule has 5 rings (SSSR count). The van der Waals surface area contributed by atoms with E-state index in [1.165, 1.54) is 13.1 Å². The molecular formula is C25H26F4N6O3. The number of fused-ring (bicyclic) bond motifs is 1. The Morgan fingerprint density at radius 1 is 1.18 bits per heavy atom. The minimum absolute atomic E-state index is 0.00873. The zero-order valence-electron chi connectivity index (χ0n) is 20.9. The number of pyridine rings is 2. The van der Waals surface area contributed by atoms with Crippen molar-refractivity contribution in [2.75, 3.05) is 18.4 Å². The molecule has 4 heterocycles. The fourth-order valence-electron chi connectivity index (χ4n) is 4.67. The van der Waals surface area contributed by atoms with Gasteiger partial charge in [0.25, 0.3) is 11.5 Å². The molecule has 2 fully saturated rings. The molecule has 38 heavy (non-hydrogen) atoms. The molecule has 1 saturated carbocycles. The summed E-state index contributed by atoms with van der Waals surface area (Å²) in [5, 5.41) is 2.52. The number of hydrogen-bond acceptors (Lipinski definition) is 7. The maximum Gasteiger partial charge on any atom is 0.433 e. The molecule has 0 unspecified atom stereocenters. The van der Waals surface area contributed by atoms with Crippen LogP contribution in [0.3, 0.4) is 0 Å². The van der Waals surface area contributed by atoms with Gasteiger partial charge in [0.1, 0.15) is 5.82 Å². The van der Waals surface area contributed by atoms with Crippen molar-refractivity contribution >= 4 is 22.8 Å². The lowest BCUT2D eigenvalue weighted by Crippen LogP contribution is -2.48. The number of ether oxygens (including phenoxy) is 1. The third-order valence-electron chi connectivity index (χ3n) is 6.59. The maximum atomic E-state index is 15.0. The maximum absolute atomic E-state index is 15.0. The van der Waals surface area contributed by atoms with E-state index < -0.39 is 35.2 Å². The lowest BCUT2D eigenvalue weighted by molar-refractivity contribution is -0.141. The lowest BCUT2D eigenvalue weighted by Gasteiger charge is -2.35. The van der Waals surface area contributed by atoms with E-state index in [2.05, 4.69) is 25.3 Å². The van der Waals surface area contributed by atoms with Crippen LogP contribution >= 0.6 is 0 Å². The van der Waals surface area contributed by atoms with Gasteiger partial charge in [-0.3, -0.25) is 9.59 Å². The summed E-state index contributed by atoms with van der Waals surface area (Å²) in [5.74, 6) is -1.34. The average molecular weight is 535 g/mol. The number of carbonyl (C=O) groups excluding carboxylic acids is 1. The molecule has 1 aliphatic carbocycles. The summed E-state index contributed by atoms with van der Waals surface area (Å²) < 4.78 is 62.4. The fraction of sp³-hybridized carbons (Fsp3) is 0.480. The number of aromatic nitrogens is 4. The fourth-order valence-corrected chi connectivity index (χ4v) is 4.67. The predicted molar refractivity (Wildman–Crippen MR) is 129 cm³/mol. The molecule has 1 aliphatic heterocycles. The van der Waals surface area contributed by atoms with Crippen molar-refractivity contribution in [2.45, 2.75) is 64.0 Å². The summed E-state index contributed by atoms with van der Waals surface area (Å²) in [4.78, 5) is 41.4. The molecule has 0 radical (unpaired) electrons. The molecular weight excluding hydrogens is 508 g/mol. The van der Waals surface area contributed by atoms with E-state index >= 15 is 0 Å². The minimum Gasteiger partial charge on any atom is -0.372 e. The van der Waals surface area contributed by atoms with E-state index in [4.69, 9.17) is 4.74 Å². The van der Waals surface area contributed by atoms with Crippen LogP contribution in [0.15, 0.2) is 23.1 Å². The Morgan fingerprint density at radius 2 is 1.87 bits per heavy atom. The first-order valence-electron chi connectivity index (χ1n) is 12.3. The van der Waals surface area contributed by atoms with Crippen molar-refractivity contribution in [2.24, 2.45) is 0 Å². The largest absolute Gasteiger partial charge is 0.433 e. The van der Waals surface area contributed by atoms with Crippen LogP contribution in [-0.4, -0.2) is 56.0 Å². The van der Waals surface area contributed by atoms with E-state index in [9.17, 15) is 27.2 Å². The van der Waals surface area contributed by atoms with Crippen molar-refractivity contribution in [3.8, 4) is 0 Å². The number of aromatic amines is 1. The Morgan fingerprint density at radius 3 is 2.47 bits per heavy atom. The molecule has 1 amide bonds. The summed E-state index contributed by atoms with van der Waals surface area (Å²) in [6.45, 7) is 5.71. The van der Waals surface area contributed by atoms with E-state index in [0.717, 1.165) is 25.0 Å². The van der Waals surface area contributed by atoms with Crippen LogP contribution in [0.2, 0.25) is 0 Å². The molecule has 202 valence electrons. The third-order valence-corrected chi connectivity index (χ3v) is 6.59. The monoisotopic (exact) mass is 534 g/mol. The number of halogens is 4. The molecule has 3 aromatic rings. The quantitative estimate of drug-likeness (QED) is 0.473. The molecule has 3 aromatic heterocycles.